The summed E-state index contributed by atoms with van der Waals surface area (Å²) < 4.78 is 8.10. The number of ether oxygens (including phenoxy) is 1. The Hall–Kier alpha value is -2.60. The van der Waals surface area contributed by atoms with Gasteiger partial charge in [0.2, 0.25) is 5.88 Å². The van der Waals surface area contributed by atoms with Crippen molar-refractivity contribution in [2.24, 2.45) is 0 Å². The Morgan fingerprint density at radius 1 is 1.16 bits per heavy atom. The standard InChI is InChI=1S/C19H18BrN3O2/c1-14(18(24)21-12-15-8-4-2-5-9-15)25-19-17(20)13-23(22-19)16-10-6-3-7-11-16/h2-11,13-14H,12H2,1H3,(H,21,24)/t14-/m1/s1. The summed E-state index contributed by atoms with van der Waals surface area (Å²) >= 11 is 3.43. The summed E-state index contributed by atoms with van der Waals surface area (Å²) in [5, 5.41) is 7.25. The largest absolute Gasteiger partial charge is 0.463 e. The van der Waals surface area contributed by atoms with Gasteiger partial charge in [0.25, 0.3) is 5.91 Å². The molecule has 1 atom stereocenters. The number of hydrogen-bond donors (Lipinski definition) is 1. The van der Waals surface area contributed by atoms with E-state index >= 15 is 0 Å². The molecule has 128 valence electrons. The van der Waals surface area contributed by atoms with Crippen LogP contribution in [0.3, 0.4) is 0 Å². The van der Waals surface area contributed by atoms with Crippen LogP contribution in [0.4, 0.5) is 0 Å². The van der Waals surface area contributed by atoms with E-state index in [2.05, 4.69) is 26.3 Å². The van der Waals surface area contributed by atoms with Crippen LogP contribution in [0.15, 0.2) is 71.3 Å². The van der Waals surface area contributed by atoms with Gasteiger partial charge in [-0.05, 0) is 40.5 Å². The van der Waals surface area contributed by atoms with Crippen molar-refractivity contribution in [3.63, 3.8) is 0 Å². The van der Waals surface area contributed by atoms with Crippen molar-refractivity contribution in [3.05, 3.63) is 76.9 Å². The quantitative estimate of drug-likeness (QED) is 0.686. The zero-order chi connectivity index (χ0) is 17.6. The SMILES string of the molecule is C[C@@H](Oc1nn(-c2ccccc2)cc1Br)C(=O)NCc1ccccc1. The van der Waals surface area contributed by atoms with Crippen molar-refractivity contribution in [1.29, 1.82) is 0 Å². The molecule has 1 heterocycles. The summed E-state index contributed by atoms with van der Waals surface area (Å²) in [4.78, 5) is 12.2. The highest BCUT2D eigenvalue weighted by molar-refractivity contribution is 9.10. The lowest BCUT2D eigenvalue weighted by molar-refractivity contribution is -0.127. The lowest BCUT2D eigenvalue weighted by Crippen LogP contribution is -2.36. The van der Waals surface area contributed by atoms with E-state index in [1.807, 2.05) is 60.7 Å². The highest BCUT2D eigenvalue weighted by atomic mass is 79.9. The Bertz CT molecular complexity index is 834. The molecule has 0 saturated heterocycles. The van der Waals surface area contributed by atoms with E-state index in [1.165, 1.54) is 0 Å². The molecule has 6 heteroatoms. The highest BCUT2D eigenvalue weighted by Gasteiger charge is 2.18. The molecule has 0 saturated carbocycles. The molecule has 5 nitrogen and oxygen atoms in total. The fraction of sp³-hybridized carbons (Fsp3) is 0.158. The van der Waals surface area contributed by atoms with Crippen LogP contribution >= 0.6 is 15.9 Å². The maximum Gasteiger partial charge on any atom is 0.261 e. The van der Waals surface area contributed by atoms with Crippen LogP contribution in [0.5, 0.6) is 5.88 Å². The molecule has 1 amide bonds. The summed E-state index contributed by atoms with van der Waals surface area (Å²) in [5.74, 6) is 0.191. The lowest BCUT2D eigenvalue weighted by atomic mass is 10.2. The third-order valence-electron chi connectivity index (χ3n) is 3.63. The summed E-state index contributed by atoms with van der Waals surface area (Å²) in [7, 11) is 0. The van der Waals surface area contributed by atoms with E-state index in [-0.39, 0.29) is 5.91 Å². The lowest BCUT2D eigenvalue weighted by Gasteiger charge is -2.13. The van der Waals surface area contributed by atoms with Gasteiger partial charge in [0.15, 0.2) is 6.10 Å². The van der Waals surface area contributed by atoms with Gasteiger partial charge in [0.05, 0.1) is 10.2 Å². The number of carbonyl (C=O) groups excluding carboxylic acids is 1. The molecule has 3 aromatic rings. The van der Waals surface area contributed by atoms with Crippen LogP contribution in [0, 0.1) is 0 Å². The Kier molecular flexibility index (Phi) is 5.50. The van der Waals surface area contributed by atoms with Gasteiger partial charge in [0.1, 0.15) is 0 Å². The van der Waals surface area contributed by atoms with Crippen molar-refractivity contribution in [3.8, 4) is 11.6 Å². The fourth-order valence-corrected chi connectivity index (χ4v) is 2.65. The van der Waals surface area contributed by atoms with Gasteiger partial charge < -0.3 is 10.1 Å². The van der Waals surface area contributed by atoms with Crippen molar-refractivity contribution >= 4 is 21.8 Å². The third kappa shape index (κ3) is 4.48. The minimum absolute atomic E-state index is 0.190. The monoisotopic (exact) mass is 399 g/mol. The Morgan fingerprint density at radius 2 is 1.80 bits per heavy atom. The molecular weight excluding hydrogens is 382 g/mol. The Morgan fingerprint density at radius 3 is 2.48 bits per heavy atom. The second kappa shape index (κ2) is 7.98. The van der Waals surface area contributed by atoms with Gasteiger partial charge in [-0.3, -0.25) is 4.79 Å². The van der Waals surface area contributed by atoms with E-state index in [1.54, 1.807) is 17.8 Å². The number of halogens is 1. The zero-order valence-electron chi connectivity index (χ0n) is 13.7. The molecule has 0 aliphatic heterocycles. The molecule has 0 fully saturated rings. The average molecular weight is 400 g/mol. The first-order valence-electron chi connectivity index (χ1n) is 7.92. The van der Waals surface area contributed by atoms with Crippen LogP contribution in [0.1, 0.15) is 12.5 Å². The smallest absolute Gasteiger partial charge is 0.261 e. The van der Waals surface area contributed by atoms with Crippen LogP contribution in [0.2, 0.25) is 0 Å². The number of aromatic nitrogens is 2. The highest BCUT2D eigenvalue weighted by Crippen LogP contribution is 2.25. The van der Waals surface area contributed by atoms with E-state index in [0.29, 0.717) is 16.9 Å². The van der Waals surface area contributed by atoms with Crippen LogP contribution in [-0.2, 0) is 11.3 Å². The summed E-state index contributed by atoms with van der Waals surface area (Å²) in [6.45, 7) is 2.17. The van der Waals surface area contributed by atoms with Gasteiger partial charge >= 0.3 is 0 Å². The number of rotatable bonds is 6. The van der Waals surface area contributed by atoms with E-state index in [4.69, 9.17) is 4.74 Å². The molecule has 3 rings (SSSR count). The molecule has 1 N–H and O–H groups in total. The van der Waals surface area contributed by atoms with Gasteiger partial charge in [-0.25, -0.2) is 4.68 Å². The fourth-order valence-electron chi connectivity index (χ4n) is 2.28. The second-order valence-corrected chi connectivity index (χ2v) is 6.38. The predicted octanol–water partition coefficient (Wildman–Crippen LogP) is 3.72. The van der Waals surface area contributed by atoms with E-state index in [9.17, 15) is 4.79 Å². The molecule has 0 unspecified atom stereocenters. The van der Waals surface area contributed by atoms with Gasteiger partial charge in [-0.1, -0.05) is 48.5 Å². The first-order valence-corrected chi connectivity index (χ1v) is 8.71. The first kappa shape index (κ1) is 17.2. The molecule has 1 aromatic heterocycles. The molecule has 2 aromatic carbocycles. The third-order valence-corrected chi connectivity index (χ3v) is 4.17. The number of nitrogens with one attached hydrogen (secondary N) is 1. The minimum atomic E-state index is -0.654. The first-order chi connectivity index (χ1) is 12.1. The summed E-state index contributed by atoms with van der Waals surface area (Å²) in [5.41, 5.74) is 1.96. The molecule has 25 heavy (non-hydrogen) atoms. The molecule has 0 radical (unpaired) electrons. The van der Waals surface area contributed by atoms with Crippen molar-refractivity contribution in [2.45, 2.75) is 19.6 Å². The summed E-state index contributed by atoms with van der Waals surface area (Å²) in [6, 6.07) is 19.4. The summed E-state index contributed by atoms with van der Waals surface area (Å²) in [6.07, 6.45) is 1.15. The van der Waals surface area contributed by atoms with Gasteiger partial charge in [0, 0.05) is 12.7 Å². The van der Waals surface area contributed by atoms with Gasteiger partial charge in [-0.2, -0.15) is 0 Å². The Labute approximate surface area is 154 Å². The van der Waals surface area contributed by atoms with Gasteiger partial charge in [-0.15, -0.1) is 5.10 Å². The number of nitrogens with zero attached hydrogens (tertiary/aromatic N) is 2. The average Bonchev–Trinajstić information content (AvgIpc) is 3.02. The Balaban J connectivity index is 1.61. The number of para-hydroxylation sites is 1. The number of amides is 1. The van der Waals surface area contributed by atoms with Crippen molar-refractivity contribution in [2.75, 3.05) is 0 Å². The maximum absolute atomic E-state index is 12.2. The van der Waals surface area contributed by atoms with Crippen LogP contribution in [0.25, 0.3) is 5.69 Å². The molecule has 0 spiro atoms. The van der Waals surface area contributed by atoms with Crippen LogP contribution in [-0.4, -0.2) is 21.8 Å². The predicted molar refractivity (Wildman–Crippen MR) is 99.6 cm³/mol. The maximum atomic E-state index is 12.2. The molecule has 0 aliphatic carbocycles. The number of carbonyl (C=O) groups is 1. The van der Waals surface area contributed by atoms with E-state index in [0.717, 1.165) is 11.3 Å². The number of benzene rings is 2. The van der Waals surface area contributed by atoms with Crippen LogP contribution < -0.4 is 10.1 Å². The van der Waals surface area contributed by atoms with Crippen molar-refractivity contribution in [1.82, 2.24) is 15.1 Å². The molecule has 0 bridgehead atoms. The van der Waals surface area contributed by atoms with Crippen molar-refractivity contribution < 1.29 is 9.53 Å². The molecule has 0 aliphatic rings. The topological polar surface area (TPSA) is 56.2 Å². The normalized spacial score (nSPS) is 11.8. The van der Waals surface area contributed by atoms with E-state index < -0.39 is 6.10 Å². The molecular formula is C19H18BrN3O2. The minimum Gasteiger partial charge on any atom is -0.463 e. The number of hydrogen-bond acceptors (Lipinski definition) is 3. The zero-order valence-corrected chi connectivity index (χ0v) is 15.3. The second-order valence-electron chi connectivity index (χ2n) is 5.53.